The predicted octanol–water partition coefficient (Wildman–Crippen LogP) is 3.60. The van der Waals surface area contributed by atoms with Crippen molar-refractivity contribution in [3.8, 4) is 17.5 Å². The van der Waals surface area contributed by atoms with Gasteiger partial charge in [-0.25, -0.2) is 0 Å². The summed E-state index contributed by atoms with van der Waals surface area (Å²) in [6.07, 6.45) is 1.59. The second-order valence-electron chi connectivity index (χ2n) is 5.29. The molecule has 10 heteroatoms. The maximum atomic E-state index is 10.9. The van der Waals surface area contributed by atoms with Gasteiger partial charge >= 0.3 is 0 Å². The lowest BCUT2D eigenvalue weighted by molar-refractivity contribution is -0.384. The van der Waals surface area contributed by atoms with Gasteiger partial charge in [0.2, 0.25) is 5.13 Å². The number of fused-ring (bicyclic) bond motifs is 1. The molecule has 0 fully saturated rings. The van der Waals surface area contributed by atoms with Crippen LogP contribution in [0.3, 0.4) is 0 Å². The van der Waals surface area contributed by atoms with Crippen LogP contribution in [0.2, 0.25) is 0 Å². The standard InChI is InChI=1S/C16H9N7O2S/c17-7-11-12-8-18-21-14(12)5-4-13(11)19-16-20-15(22-26-16)9-2-1-3-10(6-9)23(24)25/h1-6,8H,(H,18,21)(H,19,20,22). The van der Waals surface area contributed by atoms with E-state index in [2.05, 4.69) is 30.9 Å². The molecular weight excluding hydrogens is 354 g/mol. The molecule has 0 saturated carbocycles. The average molecular weight is 363 g/mol. The van der Waals surface area contributed by atoms with E-state index in [0.29, 0.717) is 33.2 Å². The minimum Gasteiger partial charge on any atom is -0.329 e. The number of aromatic nitrogens is 4. The molecule has 0 aliphatic carbocycles. The number of anilines is 2. The fourth-order valence-corrected chi connectivity index (χ4v) is 3.11. The molecule has 0 atom stereocenters. The third-order valence-electron chi connectivity index (χ3n) is 3.72. The number of nitro groups is 1. The molecule has 0 unspecified atom stereocenters. The first-order valence-electron chi connectivity index (χ1n) is 7.37. The highest BCUT2D eigenvalue weighted by Crippen LogP contribution is 2.29. The third-order valence-corrected chi connectivity index (χ3v) is 4.35. The summed E-state index contributed by atoms with van der Waals surface area (Å²) in [7, 11) is 0. The van der Waals surface area contributed by atoms with Crippen LogP contribution in [-0.4, -0.2) is 24.5 Å². The van der Waals surface area contributed by atoms with E-state index in [4.69, 9.17) is 0 Å². The lowest BCUT2D eigenvalue weighted by Gasteiger charge is -2.05. The highest BCUT2D eigenvalue weighted by Gasteiger charge is 2.14. The van der Waals surface area contributed by atoms with Gasteiger partial charge in [0.05, 0.1) is 27.9 Å². The Morgan fingerprint density at radius 1 is 1.31 bits per heavy atom. The zero-order valence-corrected chi connectivity index (χ0v) is 13.8. The number of nitriles is 1. The Hall–Kier alpha value is -3.84. The Bertz CT molecular complexity index is 1170. The zero-order valence-electron chi connectivity index (χ0n) is 13.0. The number of aromatic amines is 1. The van der Waals surface area contributed by atoms with Gasteiger partial charge in [-0.05, 0) is 12.1 Å². The smallest absolute Gasteiger partial charge is 0.270 e. The van der Waals surface area contributed by atoms with Gasteiger partial charge in [-0.3, -0.25) is 15.2 Å². The van der Waals surface area contributed by atoms with Crippen LogP contribution in [0.15, 0.2) is 42.6 Å². The monoisotopic (exact) mass is 363 g/mol. The highest BCUT2D eigenvalue weighted by molar-refractivity contribution is 7.10. The van der Waals surface area contributed by atoms with Crippen LogP contribution in [0, 0.1) is 21.4 Å². The number of benzene rings is 2. The van der Waals surface area contributed by atoms with Crippen LogP contribution in [0.1, 0.15) is 5.56 Å². The van der Waals surface area contributed by atoms with Gasteiger partial charge in [-0.15, -0.1) is 0 Å². The van der Waals surface area contributed by atoms with Crippen molar-refractivity contribution in [1.82, 2.24) is 19.6 Å². The average Bonchev–Trinajstić information content (AvgIpc) is 3.31. The molecule has 4 rings (SSSR count). The molecular formula is C16H9N7O2S. The second-order valence-corrected chi connectivity index (χ2v) is 6.04. The number of hydrogen-bond acceptors (Lipinski definition) is 8. The van der Waals surface area contributed by atoms with E-state index in [1.54, 1.807) is 24.4 Å². The van der Waals surface area contributed by atoms with Gasteiger partial charge in [0.25, 0.3) is 5.69 Å². The van der Waals surface area contributed by atoms with Gasteiger partial charge in [0, 0.05) is 34.6 Å². The van der Waals surface area contributed by atoms with Gasteiger partial charge in [-0.1, -0.05) is 12.1 Å². The summed E-state index contributed by atoms with van der Waals surface area (Å²) in [6.45, 7) is 0. The van der Waals surface area contributed by atoms with Gasteiger partial charge < -0.3 is 5.32 Å². The molecule has 2 N–H and O–H groups in total. The van der Waals surface area contributed by atoms with Crippen molar-refractivity contribution < 1.29 is 4.92 Å². The first kappa shape index (κ1) is 15.7. The molecule has 0 amide bonds. The lowest BCUT2D eigenvalue weighted by atomic mass is 10.1. The second kappa shape index (κ2) is 6.23. The SMILES string of the molecule is N#Cc1c(Nc2nc(-c3cccc([N+](=O)[O-])c3)ns2)ccc2[nH]ncc12. The van der Waals surface area contributed by atoms with Crippen molar-refractivity contribution in [2.45, 2.75) is 0 Å². The van der Waals surface area contributed by atoms with Crippen molar-refractivity contribution >= 4 is 38.9 Å². The van der Waals surface area contributed by atoms with E-state index in [1.165, 1.54) is 12.1 Å². The van der Waals surface area contributed by atoms with Crippen LogP contribution in [0.25, 0.3) is 22.3 Å². The largest absolute Gasteiger partial charge is 0.329 e. The van der Waals surface area contributed by atoms with Crippen molar-refractivity contribution in [2.75, 3.05) is 5.32 Å². The molecule has 4 aromatic rings. The molecule has 126 valence electrons. The third kappa shape index (κ3) is 2.72. The summed E-state index contributed by atoms with van der Waals surface area (Å²) in [5.41, 5.74) is 2.33. The van der Waals surface area contributed by atoms with Gasteiger partial charge in [-0.2, -0.15) is 19.7 Å². The van der Waals surface area contributed by atoms with Gasteiger partial charge in [0.15, 0.2) is 5.82 Å². The van der Waals surface area contributed by atoms with Crippen LogP contribution in [0.4, 0.5) is 16.5 Å². The Morgan fingerprint density at radius 2 is 2.19 bits per heavy atom. The van der Waals surface area contributed by atoms with E-state index >= 15 is 0 Å². The number of nitro benzene ring substituents is 1. The summed E-state index contributed by atoms with van der Waals surface area (Å²) >= 11 is 1.11. The lowest BCUT2D eigenvalue weighted by Crippen LogP contribution is -1.94. The molecule has 0 spiro atoms. The first-order chi connectivity index (χ1) is 12.7. The molecule has 9 nitrogen and oxygen atoms in total. The Morgan fingerprint density at radius 3 is 3.00 bits per heavy atom. The van der Waals surface area contributed by atoms with Crippen molar-refractivity contribution in [3.63, 3.8) is 0 Å². The topological polar surface area (TPSA) is 133 Å². The number of nitrogens with zero attached hydrogens (tertiary/aromatic N) is 5. The maximum absolute atomic E-state index is 10.9. The van der Waals surface area contributed by atoms with Crippen molar-refractivity contribution in [1.29, 1.82) is 5.26 Å². The number of rotatable bonds is 4. The fourth-order valence-electron chi connectivity index (χ4n) is 2.51. The minimum atomic E-state index is -0.464. The summed E-state index contributed by atoms with van der Waals surface area (Å²) in [5.74, 6) is 0.379. The van der Waals surface area contributed by atoms with Gasteiger partial charge in [0.1, 0.15) is 6.07 Å². The summed E-state index contributed by atoms with van der Waals surface area (Å²) in [5, 5.41) is 31.4. The van der Waals surface area contributed by atoms with E-state index in [-0.39, 0.29) is 5.69 Å². The molecule has 0 bridgehead atoms. The van der Waals surface area contributed by atoms with Crippen molar-refractivity contribution in [3.05, 3.63) is 58.3 Å². The molecule has 0 aliphatic rings. The number of hydrogen-bond donors (Lipinski definition) is 2. The predicted molar refractivity (Wildman–Crippen MR) is 96.1 cm³/mol. The van der Waals surface area contributed by atoms with Crippen LogP contribution in [-0.2, 0) is 0 Å². The quantitative estimate of drug-likeness (QED) is 0.418. The van der Waals surface area contributed by atoms with Crippen LogP contribution < -0.4 is 5.32 Å². The molecule has 0 aliphatic heterocycles. The van der Waals surface area contributed by atoms with E-state index in [0.717, 1.165) is 17.0 Å². The molecule has 0 saturated heterocycles. The number of non-ortho nitro benzene ring substituents is 1. The zero-order chi connectivity index (χ0) is 18.1. The highest BCUT2D eigenvalue weighted by atomic mass is 32.1. The molecule has 2 heterocycles. The molecule has 26 heavy (non-hydrogen) atoms. The maximum Gasteiger partial charge on any atom is 0.270 e. The summed E-state index contributed by atoms with van der Waals surface area (Å²) < 4.78 is 4.23. The van der Waals surface area contributed by atoms with E-state index in [1.807, 2.05) is 6.07 Å². The Balaban J connectivity index is 1.66. The Kier molecular flexibility index (Phi) is 3.75. The summed E-state index contributed by atoms with van der Waals surface area (Å²) in [6, 6.07) is 11.9. The van der Waals surface area contributed by atoms with Crippen molar-refractivity contribution in [2.24, 2.45) is 0 Å². The Labute approximate surface area is 150 Å². The molecule has 0 radical (unpaired) electrons. The minimum absolute atomic E-state index is 0.0241. The first-order valence-corrected chi connectivity index (χ1v) is 8.15. The van der Waals surface area contributed by atoms with Crippen LogP contribution in [0.5, 0.6) is 0 Å². The normalized spacial score (nSPS) is 10.6. The molecule has 2 aromatic carbocycles. The fraction of sp³-hybridized carbons (Fsp3) is 0. The summed E-state index contributed by atoms with van der Waals surface area (Å²) in [4.78, 5) is 14.8. The van der Waals surface area contributed by atoms with E-state index < -0.39 is 4.92 Å². The van der Waals surface area contributed by atoms with E-state index in [9.17, 15) is 15.4 Å². The number of nitrogens with one attached hydrogen (secondary N) is 2. The molecule has 2 aromatic heterocycles. The van der Waals surface area contributed by atoms with Crippen LogP contribution >= 0.6 is 11.5 Å². The number of H-pyrrole nitrogens is 1.